The second kappa shape index (κ2) is 3.63. The van der Waals surface area contributed by atoms with Crippen LogP contribution < -0.4 is 5.73 Å². The Kier molecular flexibility index (Phi) is 2.09. The predicted octanol–water partition coefficient (Wildman–Crippen LogP) is 2.10. The maximum Gasteiger partial charge on any atom is 0.374 e. The van der Waals surface area contributed by atoms with Gasteiger partial charge >= 0.3 is 5.97 Å². The van der Waals surface area contributed by atoms with Crippen LogP contribution in [0.3, 0.4) is 0 Å². The highest BCUT2D eigenvalue weighted by Crippen LogP contribution is 2.31. The number of oxazole rings is 1. The quantitative estimate of drug-likeness (QED) is 0.639. The molecule has 6 nitrogen and oxygen atoms in total. The molecule has 18 heavy (non-hydrogen) atoms. The molecule has 90 valence electrons. The molecular weight excluding hydrogens is 234 g/mol. The van der Waals surface area contributed by atoms with Crippen molar-refractivity contribution >= 4 is 22.9 Å². The number of carbonyl (C=O) groups is 1. The Labute approximate surface area is 101 Å². The minimum absolute atomic E-state index is 0.160. The molecule has 0 spiro atoms. The minimum atomic E-state index is -1.19. The number of anilines is 1. The number of carboxylic acids is 1. The Bertz CT molecular complexity index is 742. The van der Waals surface area contributed by atoms with Crippen LogP contribution in [0.15, 0.2) is 34.9 Å². The average Bonchev–Trinajstić information content (AvgIpc) is 2.92. The van der Waals surface area contributed by atoms with Crippen molar-refractivity contribution in [2.24, 2.45) is 0 Å². The topological polar surface area (TPSA) is 105 Å². The maximum absolute atomic E-state index is 11.1. The van der Waals surface area contributed by atoms with Gasteiger partial charge in [-0.2, -0.15) is 4.98 Å². The number of rotatable bonds is 2. The summed E-state index contributed by atoms with van der Waals surface area (Å²) in [6.45, 7) is 0. The number of nitrogens with two attached hydrogens (primary N) is 1. The van der Waals surface area contributed by atoms with Crippen LogP contribution in [0.2, 0.25) is 0 Å². The second-order valence-corrected chi connectivity index (χ2v) is 3.78. The van der Waals surface area contributed by atoms with Gasteiger partial charge in [-0.05, 0) is 6.07 Å². The summed E-state index contributed by atoms with van der Waals surface area (Å²) in [5.41, 5.74) is 7.20. The highest BCUT2D eigenvalue weighted by Gasteiger charge is 2.21. The Balaban J connectivity index is 2.29. The van der Waals surface area contributed by atoms with E-state index in [-0.39, 0.29) is 17.5 Å². The summed E-state index contributed by atoms with van der Waals surface area (Å²) >= 11 is 0. The lowest BCUT2D eigenvalue weighted by molar-refractivity contribution is 0.0665. The molecule has 0 radical (unpaired) electrons. The van der Waals surface area contributed by atoms with Gasteiger partial charge in [0, 0.05) is 22.7 Å². The lowest BCUT2D eigenvalue weighted by Gasteiger charge is -1.95. The number of fused-ring (bicyclic) bond motifs is 1. The molecule has 2 aromatic heterocycles. The molecule has 0 unspecified atom stereocenters. The summed E-state index contributed by atoms with van der Waals surface area (Å²) in [6.07, 6.45) is 1.69. The summed E-state index contributed by atoms with van der Waals surface area (Å²) in [5, 5.41) is 9.92. The van der Waals surface area contributed by atoms with E-state index in [0.717, 1.165) is 10.9 Å². The third-order valence-corrected chi connectivity index (χ3v) is 2.68. The van der Waals surface area contributed by atoms with Crippen molar-refractivity contribution in [3.8, 4) is 11.3 Å². The number of benzene rings is 1. The molecule has 0 saturated heterocycles. The number of carboxylic acid groups (broad SMARTS) is 1. The zero-order chi connectivity index (χ0) is 12.7. The van der Waals surface area contributed by atoms with Crippen molar-refractivity contribution < 1.29 is 14.3 Å². The van der Waals surface area contributed by atoms with Crippen molar-refractivity contribution in [2.45, 2.75) is 0 Å². The van der Waals surface area contributed by atoms with E-state index in [4.69, 9.17) is 15.3 Å². The van der Waals surface area contributed by atoms with E-state index in [1.807, 2.05) is 24.3 Å². The van der Waals surface area contributed by atoms with Gasteiger partial charge in [0.05, 0.1) is 0 Å². The van der Waals surface area contributed by atoms with Gasteiger partial charge in [-0.3, -0.25) is 0 Å². The summed E-state index contributed by atoms with van der Waals surface area (Å²) in [7, 11) is 0. The number of para-hydroxylation sites is 1. The van der Waals surface area contributed by atoms with Crippen LogP contribution in [-0.2, 0) is 0 Å². The van der Waals surface area contributed by atoms with E-state index in [1.165, 1.54) is 0 Å². The van der Waals surface area contributed by atoms with Crippen LogP contribution >= 0.6 is 0 Å². The van der Waals surface area contributed by atoms with Crippen LogP contribution in [0.5, 0.6) is 0 Å². The molecule has 4 N–H and O–H groups in total. The molecule has 0 fully saturated rings. The number of hydrogen-bond donors (Lipinski definition) is 3. The standard InChI is InChI=1S/C12H9N3O3/c13-12-15-9(10(18-12)11(16)17)7-5-14-8-4-2-1-3-6(7)8/h1-5,14H,(H2,13,15)(H,16,17). The molecule has 2 heterocycles. The third-order valence-electron chi connectivity index (χ3n) is 2.68. The fourth-order valence-corrected chi connectivity index (χ4v) is 1.93. The first-order valence-corrected chi connectivity index (χ1v) is 5.23. The highest BCUT2D eigenvalue weighted by atomic mass is 16.4. The number of H-pyrrole nitrogens is 1. The number of aromatic nitrogens is 2. The van der Waals surface area contributed by atoms with Gasteiger partial charge in [0.2, 0.25) is 5.76 Å². The number of nitrogens with one attached hydrogen (secondary N) is 1. The molecule has 0 saturated carbocycles. The molecule has 3 rings (SSSR count). The van der Waals surface area contributed by atoms with E-state index in [0.29, 0.717) is 5.56 Å². The number of hydrogen-bond acceptors (Lipinski definition) is 4. The summed E-state index contributed by atoms with van der Waals surface area (Å²) < 4.78 is 4.90. The SMILES string of the molecule is Nc1nc(-c2c[nH]c3ccccc23)c(C(=O)O)o1. The van der Waals surface area contributed by atoms with Gasteiger partial charge in [0.25, 0.3) is 6.01 Å². The Morgan fingerprint density at radius 3 is 2.94 bits per heavy atom. The largest absolute Gasteiger partial charge is 0.475 e. The summed E-state index contributed by atoms with van der Waals surface area (Å²) in [5.74, 6) is -1.45. The van der Waals surface area contributed by atoms with Gasteiger partial charge in [-0.15, -0.1) is 0 Å². The molecule has 3 aromatic rings. The Morgan fingerprint density at radius 1 is 1.39 bits per heavy atom. The van der Waals surface area contributed by atoms with Gasteiger partial charge in [0.15, 0.2) is 0 Å². The molecule has 0 aliphatic carbocycles. The summed E-state index contributed by atoms with van der Waals surface area (Å²) in [6, 6.07) is 7.36. The number of aromatic carboxylic acids is 1. The zero-order valence-corrected chi connectivity index (χ0v) is 9.18. The normalized spacial score (nSPS) is 10.9. The van der Waals surface area contributed by atoms with Gasteiger partial charge in [-0.25, -0.2) is 4.79 Å². The molecule has 1 aromatic carbocycles. The lowest BCUT2D eigenvalue weighted by atomic mass is 10.1. The van der Waals surface area contributed by atoms with E-state index in [1.54, 1.807) is 6.20 Å². The fraction of sp³-hybridized carbons (Fsp3) is 0. The first kappa shape index (κ1) is 10.4. The predicted molar refractivity (Wildman–Crippen MR) is 65.2 cm³/mol. The monoisotopic (exact) mass is 243 g/mol. The van der Waals surface area contributed by atoms with Crippen molar-refractivity contribution in [1.82, 2.24) is 9.97 Å². The smallest absolute Gasteiger partial charge is 0.374 e. The molecule has 0 atom stereocenters. The van der Waals surface area contributed by atoms with Gasteiger partial charge in [-0.1, -0.05) is 18.2 Å². The second-order valence-electron chi connectivity index (χ2n) is 3.78. The Morgan fingerprint density at radius 2 is 2.17 bits per heavy atom. The highest BCUT2D eigenvalue weighted by molar-refractivity contribution is 6.00. The molecule has 0 bridgehead atoms. The molecule has 6 heteroatoms. The number of nitrogen functional groups attached to an aromatic ring is 1. The summed E-state index contributed by atoms with van der Waals surface area (Å²) in [4.78, 5) is 18.0. The van der Waals surface area contributed by atoms with E-state index >= 15 is 0 Å². The molecule has 0 aliphatic heterocycles. The van der Waals surface area contributed by atoms with Crippen molar-refractivity contribution in [3.05, 3.63) is 36.2 Å². The average molecular weight is 243 g/mol. The number of nitrogens with zero attached hydrogens (tertiary/aromatic N) is 1. The first-order chi connectivity index (χ1) is 8.66. The first-order valence-electron chi connectivity index (χ1n) is 5.23. The molecule has 0 amide bonds. The van der Waals surface area contributed by atoms with Gasteiger partial charge < -0.3 is 20.2 Å². The molecular formula is C12H9N3O3. The van der Waals surface area contributed by atoms with Crippen LogP contribution in [0.25, 0.3) is 22.2 Å². The lowest BCUT2D eigenvalue weighted by Crippen LogP contribution is -1.96. The van der Waals surface area contributed by atoms with Gasteiger partial charge in [0.1, 0.15) is 5.69 Å². The van der Waals surface area contributed by atoms with Crippen molar-refractivity contribution in [1.29, 1.82) is 0 Å². The van der Waals surface area contributed by atoms with Crippen LogP contribution in [-0.4, -0.2) is 21.0 Å². The minimum Gasteiger partial charge on any atom is -0.475 e. The maximum atomic E-state index is 11.1. The van der Waals surface area contributed by atoms with Crippen LogP contribution in [0.4, 0.5) is 6.01 Å². The fourth-order valence-electron chi connectivity index (χ4n) is 1.93. The van der Waals surface area contributed by atoms with Crippen LogP contribution in [0, 0.1) is 0 Å². The number of aromatic amines is 1. The van der Waals surface area contributed by atoms with Crippen LogP contribution in [0.1, 0.15) is 10.6 Å². The van der Waals surface area contributed by atoms with E-state index in [9.17, 15) is 4.79 Å². The third kappa shape index (κ3) is 1.43. The zero-order valence-electron chi connectivity index (χ0n) is 9.18. The Hall–Kier alpha value is -2.76. The molecule has 0 aliphatic rings. The van der Waals surface area contributed by atoms with Crippen molar-refractivity contribution in [3.63, 3.8) is 0 Å². The van der Waals surface area contributed by atoms with Crippen molar-refractivity contribution in [2.75, 3.05) is 5.73 Å². The van der Waals surface area contributed by atoms with E-state index < -0.39 is 5.97 Å². The van der Waals surface area contributed by atoms with E-state index in [2.05, 4.69) is 9.97 Å².